The van der Waals surface area contributed by atoms with Gasteiger partial charge in [0.1, 0.15) is 47.0 Å². The quantitative estimate of drug-likeness (QED) is 0.00520. The zero-order valence-electron chi connectivity index (χ0n) is 71.9. The van der Waals surface area contributed by atoms with Gasteiger partial charge in [-0.1, -0.05) is 117 Å². The number of H-pyrrole nitrogens is 3. The number of esters is 4. The van der Waals surface area contributed by atoms with E-state index in [1.807, 2.05) is 39.8 Å². The fraction of sp³-hybridized carbons (Fsp3) is 0.549. The molecule has 0 radical (unpaired) electrons. The first kappa shape index (κ1) is 112. The number of aromatic nitrogens is 6. The number of Topliss-reactive ketones (excluding diaryl/α,β-unsaturated/α-hetero) is 1. The molecule has 668 valence electrons. The van der Waals surface area contributed by atoms with Gasteiger partial charge in [-0.3, -0.25) is 51.0 Å². The van der Waals surface area contributed by atoms with Gasteiger partial charge < -0.3 is 70.2 Å². The SMILES string of the molecule is C.C#CC[C@H](NC(=O)OC(C)(C)C)C(=O)OC.CC(C)C(=O)Cl.CC(C)c1cc(C[C@H](NC(=O)c2c(Cl)cc3c(c2Cl)CCN(C(=O)c2ccc(Cl)cc2)C3)C(=O)O)[nH]n1.COC(=O)[C@@H](N)Cc1cc(C(C)C)n[nH]1.COC(=O)[C@H](CC#CC(=O)C(C)C)NC(=O)OC(C)(C)C.COC(=O)[C@H](Cc1cc(C(C)C)n[nH]1)NC(=O)OC(C)(C)C.NN. The fourth-order valence-electron chi connectivity index (χ4n) is 9.35. The van der Waals surface area contributed by atoms with E-state index in [0.717, 1.165) is 34.0 Å². The zero-order chi connectivity index (χ0) is 91.7. The number of carbonyl (C=O) groups is 12. The van der Waals surface area contributed by atoms with Crippen LogP contribution in [0.4, 0.5) is 14.4 Å². The lowest BCUT2D eigenvalue weighted by Gasteiger charge is -2.30. The van der Waals surface area contributed by atoms with Crippen LogP contribution in [-0.4, -0.2) is 194 Å². The van der Waals surface area contributed by atoms with Crippen LogP contribution in [0.25, 0.3) is 0 Å². The number of nitrogens with one attached hydrogen (secondary N) is 7. The second kappa shape index (κ2) is 54.8. The number of methoxy groups -OCH3 is 4. The van der Waals surface area contributed by atoms with Gasteiger partial charge >= 0.3 is 48.1 Å². The van der Waals surface area contributed by atoms with Crippen molar-refractivity contribution in [1.82, 2.24) is 56.8 Å². The van der Waals surface area contributed by atoms with Crippen LogP contribution in [0, 0.1) is 36.0 Å². The summed E-state index contributed by atoms with van der Waals surface area (Å²) in [6.45, 7) is 35.3. The third-order valence-electron chi connectivity index (χ3n) is 15.5. The number of terminal acetylenes is 1. The minimum absolute atomic E-state index is 0. The highest BCUT2D eigenvalue weighted by atomic mass is 35.5. The summed E-state index contributed by atoms with van der Waals surface area (Å²) in [6.07, 6.45) is 4.13. The number of carboxylic acid groups (broad SMARTS) is 1. The molecule has 3 aromatic heterocycles. The van der Waals surface area contributed by atoms with Gasteiger partial charge in [0, 0.05) is 84.7 Å². The lowest BCUT2D eigenvalue weighted by molar-refractivity contribution is -0.143. The number of benzene rings is 2. The molecule has 0 saturated heterocycles. The molecule has 5 atom stereocenters. The molecule has 4 heterocycles. The second-order valence-electron chi connectivity index (χ2n) is 30.8. The summed E-state index contributed by atoms with van der Waals surface area (Å²) in [4.78, 5) is 141. The first-order valence-electron chi connectivity index (χ1n) is 37.5. The van der Waals surface area contributed by atoms with Gasteiger partial charge in [-0.2, -0.15) is 15.3 Å². The van der Waals surface area contributed by atoms with E-state index in [0.29, 0.717) is 47.1 Å². The number of aliphatic carboxylic acids is 1. The van der Waals surface area contributed by atoms with E-state index in [9.17, 15) is 62.6 Å². The summed E-state index contributed by atoms with van der Waals surface area (Å²) in [6, 6.07) is 9.31. The van der Waals surface area contributed by atoms with E-state index >= 15 is 0 Å². The van der Waals surface area contributed by atoms with Crippen molar-refractivity contribution in [2.45, 2.75) is 249 Å². The number of ether oxygens (including phenoxy) is 7. The fourth-order valence-corrected chi connectivity index (χ4v) is 10.2. The molecule has 38 heteroatoms. The zero-order valence-corrected chi connectivity index (χ0v) is 74.9. The summed E-state index contributed by atoms with van der Waals surface area (Å²) in [7, 11) is 5.04. The highest BCUT2D eigenvalue weighted by molar-refractivity contribution is 6.63. The maximum atomic E-state index is 13.1. The number of rotatable bonds is 24. The molecule has 2 aromatic carbocycles. The average molecular weight is 1770 g/mol. The Morgan fingerprint density at radius 1 is 0.558 bits per heavy atom. The van der Waals surface area contributed by atoms with Crippen molar-refractivity contribution in [1.29, 1.82) is 0 Å². The van der Waals surface area contributed by atoms with Crippen molar-refractivity contribution >= 4 is 117 Å². The van der Waals surface area contributed by atoms with Crippen LogP contribution in [0.15, 0.2) is 48.5 Å². The normalized spacial score (nSPS) is 12.5. The number of alkyl carbamates (subject to hydrolysis) is 3. The molecule has 0 spiro atoms. The number of aromatic amines is 3. The first-order valence-corrected chi connectivity index (χ1v) is 39.0. The number of carbonyl (C=O) groups excluding carboxylic acids is 11. The predicted molar refractivity (Wildman–Crippen MR) is 456 cm³/mol. The van der Waals surface area contributed by atoms with Crippen LogP contribution in [0.5, 0.6) is 0 Å². The van der Waals surface area contributed by atoms with E-state index in [1.165, 1.54) is 28.4 Å². The Morgan fingerprint density at radius 2 is 0.933 bits per heavy atom. The van der Waals surface area contributed by atoms with Crippen LogP contribution in [0.2, 0.25) is 15.1 Å². The monoisotopic (exact) mass is 1760 g/mol. The molecular weight excluding hydrogens is 1640 g/mol. The number of ketones is 1. The van der Waals surface area contributed by atoms with E-state index in [-0.39, 0.29) is 95.9 Å². The van der Waals surface area contributed by atoms with Crippen molar-refractivity contribution in [2.24, 2.45) is 29.3 Å². The number of nitrogens with two attached hydrogens (primary N) is 3. The number of nitrogens with zero attached hydrogens (tertiary/aromatic N) is 4. The van der Waals surface area contributed by atoms with E-state index < -0.39 is 101 Å². The Morgan fingerprint density at radius 3 is 1.28 bits per heavy atom. The van der Waals surface area contributed by atoms with Gasteiger partial charge in [0.05, 0.1) is 61.1 Å². The third-order valence-corrected chi connectivity index (χ3v) is 16.9. The Hall–Kier alpha value is -10.3. The first-order chi connectivity index (χ1) is 55.2. The van der Waals surface area contributed by atoms with Crippen molar-refractivity contribution in [3.63, 3.8) is 0 Å². The largest absolute Gasteiger partial charge is 0.480 e. The maximum absolute atomic E-state index is 13.1. The Bertz CT molecular complexity index is 4250. The third kappa shape index (κ3) is 43.6. The topological polar surface area (TPSA) is 505 Å². The highest BCUT2D eigenvalue weighted by Gasteiger charge is 2.33. The van der Waals surface area contributed by atoms with Gasteiger partial charge in [0.25, 0.3) is 11.8 Å². The predicted octanol–water partition coefficient (Wildman–Crippen LogP) is 11.4. The van der Waals surface area contributed by atoms with E-state index in [4.69, 9.17) is 77.5 Å². The molecule has 6 rings (SSSR count). The molecule has 0 aliphatic carbocycles. The van der Waals surface area contributed by atoms with Crippen LogP contribution >= 0.6 is 46.4 Å². The van der Waals surface area contributed by atoms with Crippen LogP contribution in [0.3, 0.4) is 0 Å². The Labute approximate surface area is 723 Å². The summed E-state index contributed by atoms with van der Waals surface area (Å²) < 4.78 is 33.5. The lowest BCUT2D eigenvalue weighted by atomic mass is 9.95. The minimum atomic E-state index is -1.22. The molecule has 0 bridgehead atoms. The summed E-state index contributed by atoms with van der Waals surface area (Å²) in [5, 5.41) is 41.0. The summed E-state index contributed by atoms with van der Waals surface area (Å²) in [5.74, 6) is 11.4. The molecule has 0 saturated carbocycles. The molecule has 1 aliphatic rings. The van der Waals surface area contributed by atoms with Gasteiger partial charge in [-0.05, 0) is 164 Å². The molecule has 5 aromatic rings. The van der Waals surface area contributed by atoms with E-state index in [2.05, 4.69) is 109 Å². The van der Waals surface area contributed by atoms with Crippen molar-refractivity contribution in [2.75, 3.05) is 35.0 Å². The number of fused-ring (bicyclic) bond motifs is 1. The van der Waals surface area contributed by atoms with Crippen LogP contribution < -0.4 is 38.7 Å². The van der Waals surface area contributed by atoms with Crippen molar-refractivity contribution in [3.05, 3.63) is 120 Å². The standard InChI is InChI=1S/C26H25Cl3N4O4.C15H25N3O4.C15H23NO5.C11H17NO4.C10H17N3O2.C4H7ClO.CH4.H4N2/c1-13(2)20-10-17(31-32-20)11-21(26(36)37)30-24(34)22-19(28)9-15-12-33(8-7-18(15)23(22)29)25(35)14-3-5-16(27)6-4-14;1-9(2)11-7-10(17-18-11)8-12(13(19)21-6)16-14(20)22-15(3,4)5;1-10(2)12(17)9-7-8-11(13(18)20-6)16-14(19)21-15(3,4)5;1-6-7-8(9(13)15-5)12-10(14)16-11(2,3)4;1-6(2)9-5-7(12-13-9)4-8(11)10(14)15-3;1-3(2)4(5)6;;1-2/h3-6,9-10,13,21H,7-8,11-12H2,1-2H3,(H,30,34)(H,31,32)(H,36,37);7,9,12H,8H2,1-6H3,(H,16,20)(H,17,18);10-11H,8H2,1-6H3,(H,16,19);1,8H,7H2,2-5H3,(H,12,14);5-6,8H,4,11H2,1-3H3,(H,12,13);3H,1-2H3;1H4;1-2H2/t21-;12-;11-;2*8-;;;/m00000.../s1. The molecule has 14 N–H and O–H groups in total. The molecular formula is C82H122Cl4N14O20. The number of hydrogen-bond donors (Lipinski definition) is 11. The number of amides is 5. The maximum Gasteiger partial charge on any atom is 0.408 e. The number of halogens is 4. The van der Waals surface area contributed by atoms with Gasteiger partial charge in [0.15, 0.2) is 0 Å². The Kier molecular flexibility index (Phi) is 51.0. The van der Waals surface area contributed by atoms with Crippen LogP contribution in [-0.2, 0) is 98.9 Å². The smallest absolute Gasteiger partial charge is 0.408 e. The summed E-state index contributed by atoms with van der Waals surface area (Å²) in [5.41, 5.74) is 10.5. The van der Waals surface area contributed by atoms with Crippen molar-refractivity contribution in [3.8, 4) is 24.2 Å². The molecule has 1 aliphatic heterocycles. The number of carboxylic acids is 1. The van der Waals surface area contributed by atoms with Crippen molar-refractivity contribution < 1.29 is 95.8 Å². The van der Waals surface area contributed by atoms with Gasteiger partial charge in [0.2, 0.25) is 11.0 Å². The molecule has 0 unspecified atom stereocenters. The van der Waals surface area contributed by atoms with Gasteiger partial charge in [-0.25, -0.2) is 33.6 Å². The number of hydrazine groups is 1. The van der Waals surface area contributed by atoms with Gasteiger partial charge in [-0.15, -0.1) is 12.3 Å². The minimum Gasteiger partial charge on any atom is -0.480 e. The van der Waals surface area contributed by atoms with E-state index in [1.54, 1.807) is 131 Å². The average Bonchev–Trinajstić information content (AvgIpc) is 0.832. The molecule has 5 amide bonds. The second-order valence-corrected chi connectivity index (χ2v) is 32.3. The lowest BCUT2D eigenvalue weighted by Crippen LogP contribution is -2.45. The Balaban J connectivity index is 0. The molecule has 34 nitrogen and oxygen atoms in total. The molecule has 0 fully saturated rings. The highest BCUT2D eigenvalue weighted by Crippen LogP contribution is 2.35. The molecule has 120 heavy (non-hydrogen) atoms. The number of hydrogen-bond acceptors (Lipinski definition) is 25. The summed E-state index contributed by atoms with van der Waals surface area (Å²) >= 11 is 24.0. The van der Waals surface area contributed by atoms with Crippen LogP contribution in [0.1, 0.15) is 236 Å².